The topological polar surface area (TPSA) is 75.8 Å². The number of ether oxygens (including phenoxy) is 1. The summed E-state index contributed by atoms with van der Waals surface area (Å²) in [6.45, 7) is 1.69. The second kappa shape index (κ2) is 5.64. The van der Waals surface area contributed by atoms with Gasteiger partial charge < -0.3 is 14.7 Å². The third-order valence-corrected chi connectivity index (χ3v) is 3.52. The van der Waals surface area contributed by atoms with Crippen molar-refractivity contribution in [1.29, 1.82) is 0 Å². The number of nitro benzene ring substituents is 1. The highest BCUT2D eigenvalue weighted by molar-refractivity contribution is 9.10. The first kappa shape index (κ1) is 13.3. The van der Waals surface area contributed by atoms with E-state index in [-0.39, 0.29) is 18.3 Å². The van der Waals surface area contributed by atoms with Crippen LogP contribution in [0.3, 0.4) is 0 Å². The van der Waals surface area contributed by atoms with Gasteiger partial charge >= 0.3 is 0 Å². The minimum absolute atomic E-state index is 0.0105. The van der Waals surface area contributed by atoms with E-state index < -0.39 is 4.92 Å². The molecule has 0 aromatic heterocycles. The first-order chi connectivity index (χ1) is 8.63. The lowest BCUT2D eigenvalue weighted by molar-refractivity contribution is -0.384. The second-order valence-corrected chi connectivity index (χ2v) is 4.85. The van der Waals surface area contributed by atoms with Gasteiger partial charge in [0.1, 0.15) is 0 Å². The molecule has 0 aliphatic carbocycles. The van der Waals surface area contributed by atoms with Crippen molar-refractivity contribution in [2.45, 2.75) is 6.04 Å². The number of non-ortho nitro benzene ring substituents is 1. The van der Waals surface area contributed by atoms with Gasteiger partial charge in [0.15, 0.2) is 0 Å². The molecule has 0 saturated carbocycles. The maximum atomic E-state index is 10.7. The normalized spacial score (nSPS) is 19.9. The van der Waals surface area contributed by atoms with Crippen molar-refractivity contribution in [1.82, 2.24) is 0 Å². The van der Waals surface area contributed by atoms with Gasteiger partial charge in [-0.1, -0.05) is 0 Å². The van der Waals surface area contributed by atoms with Gasteiger partial charge in [0.25, 0.3) is 5.69 Å². The third-order valence-electron chi connectivity index (χ3n) is 2.89. The van der Waals surface area contributed by atoms with Crippen LogP contribution >= 0.6 is 15.9 Å². The smallest absolute Gasteiger partial charge is 0.270 e. The van der Waals surface area contributed by atoms with Gasteiger partial charge in [0.2, 0.25) is 0 Å². The minimum Gasteiger partial charge on any atom is -0.394 e. The molecule has 0 amide bonds. The fourth-order valence-corrected chi connectivity index (χ4v) is 2.56. The molecule has 1 aliphatic heterocycles. The molecule has 1 N–H and O–H groups in total. The number of nitro groups is 1. The molecule has 1 saturated heterocycles. The van der Waals surface area contributed by atoms with Crippen LogP contribution in [0.1, 0.15) is 0 Å². The largest absolute Gasteiger partial charge is 0.394 e. The number of hydrogen-bond acceptors (Lipinski definition) is 5. The summed E-state index contributed by atoms with van der Waals surface area (Å²) in [4.78, 5) is 12.2. The van der Waals surface area contributed by atoms with Crippen molar-refractivity contribution >= 4 is 27.3 Å². The number of aliphatic hydroxyl groups excluding tert-OH is 1. The molecule has 1 fully saturated rings. The maximum Gasteiger partial charge on any atom is 0.270 e. The highest BCUT2D eigenvalue weighted by atomic mass is 79.9. The van der Waals surface area contributed by atoms with Gasteiger partial charge in [-0.15, -0.1) is 0 Å². The number of benzene rings is 1. The van der Waals surface area contributed by atoms with E-state index in [0.29, 0.717) is 24.2 Å². The summed E-state index contributed by atoms with van der Waals surface area (Å²) in [6.07, 6.45) is 0. The van der Waals surface area contributed by atoms with Gasteiger partial charge in [-0.2, -0.15) is 0 Å². The lowest BCUT2D eigenvalue weighted by Gasteiger charge is -2.36. The summed E-state index contributed by atoms with van der Waals surface area (Å²) in [5, 5.41) is 20.0. The van der Waals surface area contributed by atoms with Crippen LogP contribution in [0.25, 0.3) is 0 Å². The van der Waals surface area contributed by atoms with E-state index >= 15 is 0 Å². The Morgan fingerprint density at radius 1 is 1.61 bits per heavy atom. The number of morpholine rings is 1. The summed E-state index contributed by atoms with van der Waals surface area (Å²) in [5.41, 5.74) is 0.877. The van der Waals surface area contributed by atoms with Crippen LogP contribution in [-0.4, -0.2) is 42.4 Å². The van der Waals surface area contributed by atoms with E-state index in [4.69, 9.17) is 4.74 Å². The predicted molar refractivity (Wildman–Crippen MR) is 69.8 cm³/mol. The number of hydrogen-bond donors (Lipinski definition) is 1. The molecule has 0 radical (unpaired) electrons. The number of anilines is 1. The summed E-state index contributed by atoms with van der Waals surface area (Å²) < 4.78 is 5.95. The summed E-state index contributed by atoms with van der Waals surface area (Å²) >= 11 is 3.34. The average molecular weight is 317 g/mol. The molecule has 1 heterocycles. The van der Waals surface area contributed by atoms with Gasteiger partial charge in [0, 0.05) is 23.2 Å². The van der Waals surface area contributed by atoms with Crippen molar-refractivity contribution in [2.24, 2.45) is 0 Å². The van der Waals surface area contributed by atoms with Gasteiger partial charge in [-0.3, -0.25) is 10.1 Å². The van der Waals surface area contributed by atoms with Crippen molar-refractivity contribution in [3.63, 3.8) is 0 Å². The molecule has 1 aromatic rings. The summed E-state index contributed by atoms with van der Waals surface area (Å²) in [7, 11) is 0. The zero-order valence-corrected chi connectivity index (χ0v) is 11.2. The van der Waals surface area contributed by atoms with Crippen LogP contribution in [0.4, 0.5) is 11.4 Å². The Bertz CT molecular complexity index is 455. The average Bonchev–Trinajstić information content (AvgIpc) is 2.38. The van der Waals surface area contributed by atoms with Crippen LogP contribution in [0.15, 0.2) is 22.7 Å². The Morgan fingerprint density at radius 2 is 2.39 bits per heavy atom. The Kier molecular flexibility index (Phi) is 4.15. The molecule has 1 aromatic carbocycles. The molecule has 0 spiro atoms. The Labute approximate surface area is 112 Å². The molecule has 98 valence electrons. The van der Waals surface area contributed by atoms with Gasteiger partial charge in [0.05, 0.1) is 36.5 Å². The fourth-order valence-electron chi connectivity index (χ4n) is 1.97. The molecule has 1 aliphatic rings. The second-order valence-electron chi connectivity index (χ2n) is 4.00. The Balaban J connectivity index is 2.29. The number of rotatable bonds is 3. The van der Waals surface area contributed by atoms with E-state index in [0.717, 1.165) is 5.69 Å². The van der Waals surface area contributed by atoms with Crippen LogP contribution < -0.4 is 4.90 Å². The number of halogens is 1. The Morgan fingerprint density at radius 3 is 3.00 bits per heavy atom. The van der Waals surface area contributed by atoms with Gasteiger partial charge in [-0.05, 0) is 22.0 Å². The molecule has 6 nitrogen and oxygen atoms in total. The fraction of sp³-hybridized carbons (Fsp3) is 0.455. The van der Waals surface area contributed by atoms with Crippen LogP contribution in [-0.2, 0) is 4.74 Å². The molecule has 1 unspecified atom stereocenters. The van der Waals surface area contributed by atoms with Crippen molar-refractivity contribution in [3.8, 4) is 0 Å². The van der Waals surface area contributed by atoms with Crippen LogP contribution in [0.5, 0.6) is 0 Å². The molecule has 0 bridgehead atoms. The molecule has 7 heteroatoms. The predicted octanol–water partition coefficient (Wildman–Crippen LogP) is 1.55. The summed E-state index contributed by atoms with van der Waals surface area (Å²) in [6, 6.07) is 4.51. The first-order valence-corrected chi connectivity index (χ1v) is 6.32. The van der Waals surface area contributed by atoms with Crippen LogP contribution in [0, 0.1) is 10.1 Å². The zero-order valence-electron chi connectivity index (χ0n) is 9.58. The van der Waals surface area contributed by atoms with E-state index in [1.165, 1.54) is 12.1 Å². The third kappa shape index (κ3) is 2.63. The molecular weight excluding hydrogens is 304 g/mol. The number of aliphatic hydroxyl groups is 1. The molecule has 1 atom stereocenters. The lowest BCUT2D eigenvalue weighted by Crippen LogP contribution is -2.47. The highest BCUT2D eigenvalue weighted by Gasteiger charge is 2.24. The van der Waals surface area contributed by atoms with E-state index in [9.17, 15) is 15.2 Å². The zero-order chi connectivity index (χ0) is 13.1. The van der Waals surface area contributed by atoms with Crippen LogP contribution in [0.2, 0.25) is 0 Å². The van der Waals surface area contributed by atoms with E-state index in [2.05, 4.69) is 15.9 Å². The van der Waals surface area contributed by atoms with E-state index in [1.807, 2.05) is 4.90 Å². The van der Waals surface area contributed by atoms with Crippen molar-refractivity contribution in [2.75, 3.05) is 31.3 Å². The molecule has 18 heavy (non-hydrogen) atoms. The van der Waals surface area contributed by atoms with Crippen molar-refractivity contribution < 1.29 is 14.8 Å². The maximum absolute atomic E-state index is 10.7. The highest BCUT2D eigenvalue weighted by Crippen LogP contribution is 2.32. The summed E-state index contributed by atoms with van der Waals surface area (Å²) in [5.74, 6) is 0. The Hall–Kier alpha value is -1.18. The lowest BCUT2D eigenvalue weighted by atomic mass is 10.2. The molecule has 2 rings (SSSR count). The SMILES string of the molecule is O=[N+]([O-])c1ccc(N2CCOCC2CO)c(Br)c1. The molecular formula is C11H13BrN2O4. The number of nitrogens with zero attached hydrogens (tertiary/aromatic N) is 2. The first-order valence-electron chi connectivity index (χ1n) is 5.52. The quantitative estimate of drug-likeness (QED) is 0.676. The van der Waals surface area contributed by atoms with Crippen molar-refractivity contribution in [3.05, 3.63) is 32.8 Å². The van der Waals surface area contributed by atoms with Gasteiger partial charge in [-0.25, -0.2) is 0 Å². The standard InChI is InChI=1S/C11H13BrN2O4/c12-10-5-8(14(16)17)1-2-11(10)13-3-4-18-7-9(13)6-15/h1-2,5,9,15H,3-4,6-7H2. The monoisotopic (exact) mass is 316 g/mol. The minimum atomic E-state index is -0.433. The van der Waals surface area contributed by atoms with E-state index in [1.54, 1.807) is 6.07 Å².